The molecule has 1 aliphatic heterocycles. The summed E-state index contributed by atoms with van der Waals surface area (Å²) in [6.07, 6.45) is 0.982. The maximum absolute atomic E-state index is 12.3. The summed E-state index contributed by atoms with van der Waals surface area (Å²) in [5.74, 6) is -2.54. The quantitative estimate of drug-likeness (QED) is 0.195. The Labute approximate surface area is 188 Å². The molecule has 32 heavy (non-hydrogen) atoms. The highest BCUT2D eigenvalue weighted by Gasteiger charge is 2.28. The molecule has 1 aliphatic rings. The molecule has 0 saturated carbocycles. The van der Waals surface area contributed by atoms with Gasteiger partial charge in [-0.2, -0.15) is 0 Å². The van der Waals surface area contributed by atoms with Crippen LogP contribution in [0.25, 0.3) is 0 Å². The van der Waals surface area contributed by atoms with Crippen molar-refractivity contribution in [2.75, 3.05) is 73.4 Å². The van der Waals surface area contributed by atoms with E-state index < -0.39 is 17.9 Å². The molecule has 1 fully saturated rings. The summed E-state index contributed by atoms with van der Waals surface area (Å²) in [5.41, 5.74) is 0. The molecule has 1 heterocycles. The number of carboxylic acids is 1. The molecule has 12 heteroatoms. The third kappa shape index (κ3) is 12.5. The average molecular weight is 461 g/mol. The molecular formula is C20H36N4O8. The van der Waals surface area contributed by atoms with E-state index in [0.717, 1.165) is 13.1 Å². The summed E-state index contributed by atoms with van der Waals surface area (Å²) in [6, 6.07) is -1.27. The highest BCUT2D eigenvalue weighted by atomic mass is 16.5. The first kappa shape index (κ1) is 27.8. The van der Waals surface area contributed by atoms with Crippen molar-refractivity contribution in [2.24, 2.45) is 5.92 Å². The Morgan fingerprint density at radius 3 is 2.25 bits per heavy atom. The lowest BCUT2D eigenvalue weighted by molar-refractivity contribution is -0.144. The molecule has 1 atom stereocenters. The highest BCUT2D eigenvalue weighted by molar-refractivity contribution is 5.89. The molecule has 1 unspecified atom stereocenters. The summed E-state index contributed by atoms with van der Waals surface area (Å²) in [6.45, 7) is 3.18. The Morgan fingerprint density at radius 2 is 1.59 bits per heavy atom. The van der Waals surface area contributed by atoms with Gasteiger partial charge in [-0.25, -0.2) is 4.79 Å². The van der Waals surface area contributed by atoms with Crippen LogP contribution < -0.4 is 16.0 Å². The molecule has 4 N–H and O–H groups in total. The maximum Gasteiger partial charge on any atom is 0.326 e. The van der Waals surface area contributed by atoms with Crippen LogP contribution in [0.15, 0.2) is 0 Å². The number of rotatable bonds is 16. The zero-order valence-corrected chi connectivity index (χ0v) is 18.9. The van der Waals surface area contributed by atoms with Crippen molar-refractivity contribution in [3.8, 4) is 0 Å². The molecule has 0 aromatic heterocycles. The van der Waals surface area contributed by atoms with E-state index in [4.69, 9.17) is 14.2 Å². The third-order valence-electron chi connectivity index (χ3n) is 4.90. The van der Waals surface area contributed by atoms with E-state index in [2.05, 4.69) is 20.9 Å². The summed E-state index contributed by atoms with van der Waals surface area (Å²) < 4.78 is 15.3. The SMILES string of the molecule is COCCNC(=O)COCCOCCNC(=O)CC(NC(=O)C1CCN(C)CC1)C(=O)O. The molecule has 184 valence electrons. The van der Waals surface area contributed by atoms with Gasteiger partial charge in [0.05, 0.1) is 32.8 Å². The number of nitrogens with zero attached hydrogens (tertiary/aromatic N) is 1. The van der Waals surface area contributed by atoms with Crippen LogP contribution in [0, 0.1) is 5.92 Å². The predicted molar refractivity (Wildman–Crippen MR) is 114 cm³/mol. The fourth-order valence-electron chi connectivity index (χ4n) is 3.01. The monoisotopic (exact) mass is 460 g/mol. The number of piperidine rings is 1. The van der Waals surface area contributed by atoms with Crippen molar-refractivity contribution in [1.29, 1.82) is 0 Å². The van der Waals surface area contributed by atoms with E-state index >= 15 is 0 Å². The van der Waals surface area contributed by atoms with E-state index in [0.29, 0.717) is 26.0 Å². The molecule has 0 radical (unpaired) electrons. The summed E-state index contributed by atoms with van der Waals surface area (Å²) >= 11 is 0. The Hall–Kier alpha value is -2.28. The zero-order chi connectivity index (χ0) is 23.8. The fraction of sp³-hybridized carbons (Fsp3) is 0.800. The van der Waals surface area contributed by atoms with Crippen LogP contribution >= 0.6 is 0 Å². The van der Waals surface area contributed by atoms with Crippen molar-refractivity contribution >= 4 is 23.7 Å². The van der Waals surface area contributed by atoms with Crippen LogP contribution in [0.1, 0.15) is 19.3 Å². The van der Waals surface area contributed by atoms with Gasteiger partial charge in [0.25, 0.3) is 0 Å². The second-order valence-corrected chi connectivity index (χ2v) is 7.54. The largest absolute Gasteiger partial charge is 0.480 e. The first-order chi connectivity index (χ1) is 15.3. The van der Waals surface area contributed by atoms with Gasteiger partial charge >= 0.3 is 5.97 Å². The Bertz CT molecular complexity index is 596. The Morgan fingerprint density at radius 1 is 0.969 bits per heavy atom. The topological polar surface area (TPSA) is 156 Å². The third-order valence-corrected chi connectivity index (χ3v) is 4.90. The number of likely N-dealkylation sites (tertiary alicyclic amines) is 1. The summed E-state index contributed by atoms with van der Waals surface area (Å²) in [7, 11) is 3.52. The number of carboxylic acid groups (broad SMARTS) is 1. The van der Waals surface area contributed by atoms with Crippen LogP contribution in [-0.4, -0.2) is 113 Å². The van der Waals surface area contributed by atoms with E-state index in [1.807, 2.05) is 7.05 Å². The number of carbonyl (C=O) groups is 4. The number of ether oxygens (including phenoxy) is 3. The van der Waals surface area contributed by atoms with Crippen LogP contribution in [0.2, 0.25) is 0 Å². The van der Waals surface area contributed by atoms with E-state index in [-0.39, 0.29) is 57.1 Å². The molecule has 1 rings (SSSR count). The van der Waals surface area contributed by atoms with Gasteiger partial charge in [-0.15, -0.1) is 0 Å². The number of hydrogen-bond donors (Lipinski definition) is 4. The molecule has 0 spiro atoms. The lowest BCUT2D eigenvalue weighted by Gasteiger charge is -2.28. The van der Waals surface area contributed by atoms with Gasteiger partial charge in [0.1, 0.15) is 12.6 Å². The van der Waals surface area contributed by atoms with Gasteiger partial charge in [-0.3, -0.25) is 14.4 Å². The van der Waals surface area contributed by atoms with Crippen molar-refractivity contribution in [3.05, 3.63) is 0 Å². The predicted octanol–water partition coefficient (Wildman–Crippen LogP) is -1.80. The number of aliphatic carboxylic acids is 1. The second kappa shape index (κ2) is 16.4. The number of carbonyl (C=O) groups excluding carboxylic acids is 3. The van der Waals surface area contributed by atoms with Crippen molar-refractivity contribution in [1.82, 2.24) is 20.9 Å². The van der Waals surface area contributed by atoms with Crippen LogP contribution in [0.4, 0.5) is 0 Å². The molecule has 0 aromatic rings. The second-order valence-electron chi connectivity index (χ2n) is 7.54. The van der Waals surface area contributed by atoms with Crippen molar-refractivity contribution in [3.63, 3.8) is 0 Å². The van der Waals surface area contributed by atoms with Gasteiger partial charge in [0, 0.05) is 26.1 Å². The van der Waals surface area contributed by atoms with E-state index in [9.17, 15) is 24.3 Å². The highest BCUT2D eigenvalue weighted by Crippen LogP contribution is 2.16. The molecule has 1 saturated heterocycles. The van der Waals surface area contributed by atoms with Gasteiger partial charge in [0.2, 0.25) is 17.7 Å². The Balaban J connectivity index is 2.12. The standard InChI is InChI=1S/C20H36N4O8/c1-24-7-3-15(4-8-24)19(27)23-16(20(28)29)13-17(25)21-6-10-31-11-12-32-14-18(26)22-5-9-30-2/h15-16H,3-14H2,1-2H3,(H,21,25)(H,22,26)(H,23,27)(H,28,29). The Kier molecular flexibility index (Phi) is 14.2. The summed E-state index contributed by atoms with van der Waals surface area (Å²) in [4.78, 5) is 49.2. The summed E-state index contributed by atoms with van der Waals surface area (Å²) in [5, 5.41) is 17.0. The van der Waals surface area contributed by atoms with E-state index in [1.54, 1.807) is 7.11 Å². The van der Waals surface area contributed by atoms with Gasteiger partial charge in [-0.05, 0) is 33.0 Å². The molecular weight excluding hydrogens is 424 g/mol. The van der Waals surface area contributed by atoms with Crippen molar-refractivity contribution < 1.29 is 38.5 Å². The van der Waals surface area contributed by atoms with Crippen LogP contribution in [0.3, 0.4) is 0 Å². The molecule has 3 amide bonds. The number of nitrogens with one attached hydrogen (secondary N) is 3. The normalized spacial score (nSPS) is 15.7. The van der Waals surface area contributed by atoms with Crippen LogP contribution in [0.5, 0.6) is 0 Å². The number of methoxy groups -OCH3 is 1. The fourth-order valence-corrected chi connectivity index (χ4v) is 3.01. The van der Waals surface area contributed by atoms with Gasteiger partial charge < -0.3 is 40.2 Å². The number of hydrogen-bond acceptors (Lipinski definition) is 8. The minimum atomic E-state index is -1.27. The number of amides is 3. The van der Waals surface area contributed by atoms with Gasteiger partial charge in [-0.1, -0.05) is 0 Å². The smallest absolute Gasteiger partial charge is 0.326 e. The minimum Gasteiger partial charge on any atom is -0.480 e. The van der Waals surface area contributed by atoms with Crippen molar-refractivity contribution in [2.45, 2.75) is 25.3 Å². The first-order valence-corrected chi connectivity index (χ1v) is 10.7. The first-order valence-electron chi connectivity index (χ1n) is 10.7. The van der Waals surface area contributed by atoms with Gasteiger partial charge in [0.15, 0.2) is 0 Å². The molecule has 0 aromatic carbocycles. The molecule has 0 aliphatic carbocycles. The van der Waals surface area contributed by atoms with Crippen LogP contribution in [-0.2, 0) is 33.4 Å². The molecule has 0 bridgehead atoms. The van der Waals surface area contributed by atoms with E-state index in [1.165, 1.54) is 0 Å². The average Bonchev–Trinajstić information content (AvgIpc) is 2.75. The lowest BCUT2D eigenvalue weighted by Crippen LogP contribution is -2.48. The maximum atomic E-state index is 12.3. The lowest BCUT2D eigenvalue weighted by atomic mass is 9.96. The zero-order valence-electron chi connectivity index (χ0n) is 18.9. The minimum absolute atomic E-state index is 0.0797. The molecule has 12 nitrogen and oxygen atoms in total.